The van der Waals surface area contributed by atoms with E-state index in [0.29, 0.717) is 34.3 Å². The van der Waals surface area contributed by atoms with Crippen LogP contribution in [0.5, 0.6) is 11.5 Å². The molecular weight excluding hydrogens is 330 g/mol. The van der Waals surface area contributed by atoms with Crippen molar-refractivity contribution in [2.75, 3.05) is 26.1 Å². The molecule has 0 saturated carbocycles. The molecule has 2 heterocycles. The number of nitriles is 1. The number of methoxy groups -OCH3 is 2. The van der Waals surface area contributed by atoms with Crippen LogP contribution in [0.2, 0.25) is 0 Å². The molecule has 0 aliphatic carbocycles. The van der Waals surface area contributed by atoms with Crippen molar-refractivity contribution < 1.29 is 9.47 Å². The highest BCUT2D eigenvalue weighted by molar-refractivity contribution is 5.82. The van der Waals surface area contributed by atoms with Gasteiger partial charge in [-0.25, -0.2) is 9.50 Å². The highest BCUT2D eigenvalue weighted by Gasteiger charge is 2.21. The predicted molar refractivity (Wildman–Crippen MR) is 101 cm³/mol. The van der Waals surface area contributed by atoms with E-state index in [1.807, 2.05) is 18.2 Å². The third-order valence-corrected chi connectivity index (χ3v) is 4.25. The molecule has 136 valence electrons. The van der Waals surface area contributed by atoms with Crippen LogP contribution in [0.25, 0.3) is 16.9 Å². The molecule has 3 rings (SSSR count). The summed E-state index contributed by atoms with van der Waals surface area (Å²) in [7, 11) is 3.25. The summed E-state index contributed by atoms with van der Waals surface area (Å²) in [5.74, 6) is 2.79. The summed E-state index contributed by atoms with van der Waals surface area (Å²) in [4.78, 5) is 4.71. The first kappa shape index (κ1) is 17.7. The quantitative estimate of drug-likeness (QED) is 0.676. The average Bonchev–Trinajstić information content (AvgIpc) is 3.20. The van der Waals surface area contributed by atoms with Crippen molar-refractivity contribution in [3.05, 3.63) is 30.0 Å². The van der Waals surface area contributed by atoms with Crippen molar-refractivity contribution in [3.63, 3.8) is 0 Å². The van der Waals surface area contributed by atoms with E-state index in [1.165, 1.54) is 0 Å². The Morgan fingerprint density at radius 2 is 2.12 bits per heavy atom. The van der Waals surface area contributed by atoms with Crippen LogP contribution in [0.3, 0.4) is 0 Å². The first-order valence-electron chi connectivity index (χ1n) is 8.55. The van der Waals surface area contributed by atoms with Crippen molar-refractivity contribution in [2.24, 2.45) is 5.92 Å². The SMILES string of the molecule is COc1ccc(OC)c(-c2nc3c(C#N)c[nH]n3c2NCCC(C)C)c1. The van der Waals surface area contributed by atoms with Gasteiger partial charge in [-0.3, -0.25) is 5.10 Å². The number of hydrogen-bond donors (Lipinski definition) is 2. The molecule has 0 aliphatic rings. The number of rotatable bonds is 7. The summed E-state index contributed by atoms with van der Waals surface area (Å²) in [6.07, 6.45) is 2.68. The number of aromatic amines is 1. The van der Waals surface area contributed by atoms with E-state index in [4.69, 9.17) is 14.5 Å². The fourth-order valence-corrected chi connectivity index (χ4v) is 2.83. The number of imidazole rings is 1. The molecule has 0 fully saturated rings. The average molecular weight is 353 g/mol. The molecule has 0 aliphatic heterocycles. The van der Waals surface area contributed by atoms with E-state index < -0.39 is 0 Å². The Kier molecular flexibility index (Phi) is 5.03. The van der Waals surface area contributed by atoms with Crippen molar-refractivity contribution in [1.29, 1.82) is 5.26 Å². The van der Waals surface area contributed by atoms with Gasteiger partial charge in [0.25, 0.3) is 0 Å². The fraction of sp³-hybridized carbons (Fsp3) is 0.368. The largest absolute Gasteiger partial charge is 0.497 e. The molecule has 0 radical (unpaired) electrons. The van der Waals surface area contributed by atoms with Crippen molar-refractivity contribution in [1.82, 2.24) is 14.6 Å². The van der Waals surface area contributed by atoms with Crippen molar-refractivity contribution in [3.8, 4) is 28.8 Å². The molecular formula is C19H23N5O2. The van der Waals surface area contributed by atoms with E-state index in [2.05, 4.69) is 30.3 Å². The van der Waals surface area contributed by atoms with Crippen LogP contribution in [-0.2, 0) is 0 Å². The number of H-pyrrole nitrogens is 1. The summed E-state index contributed by atoms with van der Waals surface area (Å²) in [6, 6.07) is 7.75. The Balaban J connectivity index is 2.15. The van der Waals surface area contributed by atoms with E-state index in [0.717, 1.165) is 24.3 Å². The molecule has 2 N–H and O–H groups in total. The van der Waals surface area contributed by atoms with Gasteiger partial charge in [0.05, 0.1) is 14.2 Å². The van der Waals surface area contributed by atoms with Crippen LogP contribution < -0.4 is 14.8 Å². The summed E-state index contributed by atoms with van der Waals surface area (Å²) < 4.78 is 12.7. The molecule has 0 amide bonds. The maximum atomic E-state index is 9.34. The molecule has 0 unspecified atom stereocenters. The smallest absolute Gasteiger partial charge is 0.173 e. The van der Waals surface area contributed by atoms with E-state index in [-0.39, 0.29) is 0 Å². The van der Waals surface area contributed by atoms with Crippen LogP contribution in [0, 0.1) is 17.2 Å². The number of anilines is 1. The lowest BCUT2D eigenvalue weighted by Gasteiger charge is -2.12. The van der Waals surface area contributed by atoms with E-state index in [9.17, 15) is 5.26 Å². The second-order valence-electron chi connectivity index (χ2n) is 6.44. The molecule has 7 nitrogen and oxygen atoms in total. The Labute approximate surface area is 152 Å². The molecule has 2 aromatic heterocycles. The highest BCUT2D eigenvalue weighted by Crippen LogP contribution is 2.37. The lowest BCUT2D eigenvalue weighted by atomic mass is 10.1. The topological polar surface area (TPSA) is 87.4 Å². The van der Waals surface area contributed by atoms with E-state index >= 15 is 0 Å². The first-order chi connectivity index (χ1) is 12.6. The lowest BCUT2D eigenvalue weighted by molar-refractivity contribution is 0.404. The predicted octanol–water partition coefficient (Wildman–Crippen LogP) is 3.68. The highest BCUT2D eigenvalue weighted by atomic mass is 16.5. The number of aromatic nitrogens is 3. The van der Waals surface area contributed by atoms with Crippen LogP contribution in [0.1, 0.15) is 25.8 Å². The summed E-state index contributed by atoms with van der Waals surface area (Å²) in [5.41, 5.74) is 2.59. The number of benzene rings is 1. The maximum absolute atomic E-state index is 9.34. The minimum Gasteiger partial charge on any atom is -0.497 e. The molecule has 1 aromatic carbocycles. The first-order valence-corrected chi connectivity index (χ1v) is 8.55. The summed E-state index contributed by atoms with van der Waals surface area (Å²) >= 11 is 0. The molecule has 0 bridgehead atoms. The molecule has 7 heteroatoms. The number of fused-ring (bicyclic) bond motifs is 1. The van der Waals surface area contributed by atoms with Gasteiger partial charge in [0.1, 0.15) is 28.8 Å². The molecule has 26 heavy (non-hydrogen) atoms. The van der Waals surface area contributed by atoms with Gasteiger partial charge in [-0.1, -0.05) is 13.8 Å². The lowest BCUT2D eigenvalue weighted by Crippen LogP contribution is -2.08. The van der Waals surface area contributed by atoms with Crippen LogP contribution in [0.15, 0.2) is 24.4 Å². The van der Waals surface area contributed by atoms with Gasteiger partial charge in [0.15, 0.2) is 11.5 Å². The zero-order chi connectivity index (χ0) is 18.7. The number of nitrogens with zero attached hydrogens (tertiary/aromatic N) is 3. The Morgan fingerprint density at radius 3 is 2.77 bits per heavy atom. The van der Waals surface area contributed by atoms with Crippen molar-refractivity contribution in [2.45, 2.75) is 20.3 Å². The second kappa shape index (κ2) is 7.40. The standard InChI is InChI=1S/C19H23N5O2/c1-12(2)7-8-21-19-17(23-18-13(10-20)11-22-24(18)19)15-9-14(25-3)5-6-16(15)26-4/h5-6,9,11-12,21-22H,7-8H2,1-4H3. The molecule has 0 saturated heterocycles. The third-order valence-electron chi connectivity index (χ3n) is 4.25. The van der Waals surface area contributed by atoms with Crippen molar-refractivity contribution >= 4 is 11.5 Å². The van der Waals surface area contributed by atoms with Crippen LogP contribution >= 0.6 is 0 Å². The number of nitrogens with one attached hydrogen (secondary N) is 2. The minimum absolute atomic E-state index is 0.491. The monoisotopic (exact) mass is 353 g/mol. The van der Waals surface area contributed by atoms with Gasteiger partial charge in [0.2, 0.25) is 0 Å². The summed E-state index contributed by atoms with van der Waals surface area (Å²) in [6.45, 7) is 5.16. The normalized spacial score (nSPS) is 10.9. The van der Waals surface area contributed by atoms with Gasteiger partial charge in [-0.2, -0.15) is 5.26 Å². The minimum atomic E-state index is 0.491. The summed E-state index contributed by atoms with van der Waals surface area (Å²) in [5, 5.41) is 15.9. The van der Waals surface area contributed by atoms with Gasteiger partial charge in [-0.05, 0) is 30.5 Å². The van der Waals surface area contributed by atoms with Crippen LogP contribution in [0.4, 0.5) is 5.82 Å². The Bertz CT molecular complexity index is 949. The van der Waals surface area contributed by atoms with Gasteiger partial charge in [-0.15, -0.1) is 0 Å². The van der Waals surface area contributed by atoms with Crippen LogP contribution in [-0.4, -0.2) is 35.4 Å². The fourth-order valence-electron chi connectivity index (χ4n) is 2.83. The van der Waals surface area contributed by atoms with Gasteiger partial charge >= 0.3 is 0 Å². The number of ether oxygens (including phenoxy) is 2. The molecule has 3 aromatic rings. The Hall–Kier alpha value is -3.14. The zero-order valence-corrected chi connectivity index (χ0v) is 15.5. The maximum Gasteiger partial charge on any atom is 0.173 e. The van der Waals surface area contributed by atoms with Gasteiger partial charge in [0, 0.05) is 18.3 Å². The number of hydrogen-bond acceptors (Lipinski definition) is 5. The van der Waals surface area contributed by atoms with Gasteiger partial charge < -0.3 is 14.8 Å². The molecule has 0 atom stereocenters. The Morgan fingerprint density at radius 1 is 1.31 bits per heavy atom. The third kappa shape index (κ3) is 3.18. The zero-order valence-electron chi connectivity index (χ0n) is 15.5. The van der Waals surface area contributed by atoms with E-state index in [1.54, 1.807) is 24.9 Å². The molecule has 0 spiro atoms. The second-order valence-corrected chi connectivity index (χ2v) is 6.44.